The van der Waals surface area contributed by atoms with Crippen LogP contribution in [-0.4, -0.2) is 21.5 Å². The van der Waals surface area contributed by atoms with Crippen molar-refractivity contribution >= 4 is 23.0 Å². The van der Waals surface area contributed by atoms with Gasteiger partial charge in [0.2, 0.25) is 0 Å². The zero-order chi connectivity index (χ0) is 16.1. The summed E-state index contributed by atoms with van der Waals surface area (Å²) in [6.07, 6.45) is 1.87. The summed E-state index contributed by atoms with van der Waals surface area (Å²) in [5, 5.41) is 11.3. The largest absolute Gasteiger partial charge is 0.494 e. The number of thiocarbonyl (C=S) groups is 1. The van der Waals surface area contributed by atoms with Gasteiger partial charge in [0.25, 0.3) is 0 Å². The first-order chi connectivity index (χ1) is 10.5. The Hall–Kier alpha value is -2.08. The molecule has 0 aliphatic carbocycles. The third kappa shape index (κ3) is 3.98. The Balaban J connectivity index is 1.93. The number of nitrogens with zero attached hydrogens (tertiary/aromatic N) is 2. The number of nitrogens with one attached hydrogen (secondary N) is 2. The lowest BCUT2D eigenvalue weighted by Gasteiger charge is -2.17. The summed E-state index contributed by atoms with van der Waals surface area (Å²) in [4.78, 5) is 0. The highest BCUT2D eigenvalue weighted by molar-refractivity contribution is 7.80. The molecule has 2 N–H and O–H groups in total. The number of aromatic nitrogens is 2. The molecule has 1 aromatic carbocycles. The number of rotatable bonds is 5. The van der Waals surface area contributed by atoms with Crippen molar-refractivity contribution in [2.24, 2.45) is 7.05 Å². The van der Waals surface area contributed by atoms with Crippen molar-refractivity contribution < 1.29 is 4.74 Å². The average Bonchev–Trinajstić information content (AvgIpc) is 2.81. The van der Waals surface area contributed by atoms with Gasteiger partial charge in [-0.05, 0) is 57.3 Å². The fourth-order valence-electron chi connectivity index (χ4n) is 2.18. The Bertz CT molecular complexity index is 636. The van der Waals surface area contributed by atoms with Gasteiger partial charge in [-0.2, -0.15) is 5.10 Å². The molecule has 0 aliphatic rings. The standard InChI is InChI=1S/C16H22N4OS/c1-5-21-14-8-6-13(7-9-14)19-16(22)18-11(2)15-10-17-20(4)12(15)3/h6-11H,5H2,1-4H3,(H2,18,19,22). The van der Waals surface area contributed by atoms with Crippen LogP contribution >= 0.6 is 12.2 Å². The van der Waals surface area contributed by atoms with E-state index in [1.165, 1.54) is 0 Å². The first-order valence-corrected chi connectivity index (χ1v) is 7.71. The molecule has 0 saturated heterocycles. The first kappa shape index (κ1) is 16.3. The van der Waals surface area contributed by atoms with Crippen molar-refractivity contribution in [2.45, 2.75) is 26.8 Å². The van der Waals surface area contributed by atoms with Crippen molar-refractivity contribution in [3.63, 3.8) is 0 Å². The van der Waals surface area contributed by atoms with Gasteiger partial charge in [0.05, 0.1) is 18.8 Å². The Morgan fingerprint density at radius 2 is 2.05 bits per heavy atom. The topological polar surface area (TPSA) is 51.1 Å². The van der Waals surface area contributed by atoms with Crippen LogP contribution in [0.5, 0.6) is 5.75 Å². The number of ether oxygens (including phenoxy) is 1. The van der Waals surface area contributed by atoms with E-state index in [2.05, 4.69) is 22.7 Å². The predicted octanol–water partition coefficient (Wildman–Crippen LogP) is 3.17. The molecule has 1 unspecified atom stereocenters. The van der Waals surface area contributed by atoms with E-state index >= 15 is 0 Å². The molecule has 1 atom stereocenters. The van der Waals surface area contributed by atoms with E-state index in [9.17, 15) is 0 Å². The summed E-state index contributed by atoms with van der Waals surface area (Å²) in [5.41, 5.74) is 3.19. The van der Waals surface area contributed by atoms with Crippen LogP contribution in [-0.2, 0) is 7.05 Å². The minimum Gasteiger partial charge on any atom is -0.494 e. The second-order valence-electron chi connectivity index (χ2n) is 5.09. The van der Waals surface area contributed by atoms with Gasteiger partial charge in [0.15, 0.2) is 5.11 Å². The smallest absolute Gasteiger partial charge is 0.171 e. The summed E-state index contributed by atoms with van der Waals surface area (Å²) < 4.78 is 7.28. The maximum atomic E-state index is 5.42. The van der Waals surface area contributed by atoms with Crippen LogP contribution < -0.4 is 15.4 Å². The molecule has 2 rings (SSSR count). The zero-order valence-electron chi connectivity index (χ0n) is 13.4. The molecule has 22 heavy (non-hydrogen) atoms. The summed E-state index contributed by atoms with van der Waals surface area (Å²) in [5.74, 6) is 0.853. The molecule has 0 bridgehead atoms. The lowest BCUT2D eigenvalue weighted by Crippen LogP contribution is -2.31. The van der Waals surface area contributed by atoms with Crippen LogP contribution in [0.2, 0.25) is 0 Å². The van der Waals surface area contributed by atoms with Gasteiger partial charge in [0, 0.05) is 24.0 Å². The van der Waals surface area contributed by atoms with Gasteiger partial charge in [-0.1, -0.05) is 0 Å². The normalized spacial score (nSPS) is 11.8. The van der Waals surface area contributed by atoms with E-state index in [0.29, 0.717) is 11.7 Å². The monoisotopic (exact) mass is 318 g/mol. The van der Waals surface area contributed by atoms with Gasteiger partial charge in [0.1, 0.15) is 5.75 Å². The first-order valence-electron chi connectivity index (χ1n) is 7.30. The molecular weight excluding hydrogens is 296 g/mol. The lowest BCUT2D eigenvalue weighted by molar-refractivity contribution is 0.340. The minimum absolute atomic E-state index is 0.0939. The summed E-state index contributed by atoms with van der Waals surface area (Å²) in [6, 6.07) is 7.82. The molecule has 6 heteroatoms. The molecule has 118 valence electrons. The highest BCUT2D eigenvalue weighted by Crippen LogP contribution is 2.18. The van der Waals surface area contributed by atoms with Crippen LogP contribution in [0.1, 0.15) is 31.1 Å². The van der Waals surface area contributed by atoms with Crippen LogP contribution in [0.25, 0.3) is 0 Å². The van der Waals surface area contributed by atoms with Gasteiger partial charge >= 0.3 is 0 Å². The minimum atomic E-state index is 0.0939. The molecular formula is C16H22N4OS. The predicted molar refractivity (Wildman–Crippen MR) is 93.3 cm³/mol. The number of aryl methyl sites for hydroxylation is 1. The molecule has 0 spiro atoms. The van der Waals surface area contributed by atoms with Crippen molar-refractivity contribution in [3.8, 4) is 5.75 Å². The summed E-state index contributed by atoms with van der Waals surface area (Å²) in [6.45, 7) is 6.74. The third-order valence-electron chi connectivity index (χ3n) is 3.51. The van der Waals surface area contributed by atoms with Crippen molar-refractivity contribution in [3.05, 3.63) is 41.7 Å². The summed E-state index contributed by atoms with van der Waals surface area (Å²) >= 11 is 5.37. The number of anilines is 1. The fourth-order valence-corrected chi connectivity index (χ4v) is 2.48. The lowest BCUT2D eigenvalue weighted by atomic mass is 10.1. The van der Waals surface area contributed by atoms with E-state index in [-0.39, 0.29) is 6.04 Å². The van der Waals surface area contributed by atoms with Gasteiger partial charge < -0.3 is 15.4 Å². The van der Waals surface area contributed by atoms with E-state index in [1.54, 1.807) is 0 Å². The van der Waals surface area contributed by atoms with Crippen LogP contribution in [0.4, 0.5) is 5.69 Å². The van der Waals surface area contributed by atoms with E-state index in [0.717, 1.165) is 22.7 Å². The summed E-state index contributed by atoms with van der Waals surface area (Å²) in [7, 11) is 1.93. The molecule has 5 nitrogen and oxygen atoms in total. The second kappa shape index (κ2) is 7.26. The Kier molecular flexibility index (Phi) is 5.38. The van der Waals surface area contributed by atoms with Crippen molar-refractivity contribution in [1.82, 2.24) is 15.1 Å². The molecule has 1 aromatic heterocycles. The SMILES string of the molecule is CCOc1ccc(NC(=S)NC(C)c2cnn(C)c2C)cc1. The fraction of sp³-hybridized carbons (Fsp3) is 0.375. The van der Waals surface area contributed by atoms with Crippen molar-refractivity contribution in [1.29, 1.82) is 0 Å². The molecule has 0 amide bonds. The van der Waals surface area contributed by atoms with Crippen LogP contribution in [0, 0.1) is 6.92 Å². The number of hydrogen-bond acceptors (Lipinski definition) is 3. The van der Waals surface area contributed by atoms with Gasteiger partial charge in [-0.15, -0.1) is 0 Å². The van der Waals surface area contributed by atoms with Crippen molar-refractivity contribution in [2.75, 3.05) is 11.9 Å². The Labute approximate surface area is 136 Å². The van der Waals surface area contributed by atoms with Gasteiger partial charge in [-0.25, -0.2) is 0 Å². The van der Waals surface area contributed by atoms with E-state index < -0.39 is 0 Å². The zero-order valence-corrected chi connectivity index (χ0v) is 14.2. The molecule has 0 fully saturated rings. The maximum Gasteiger partial charge on any atom is 0.171 e. The average molecular weight is 318 g/mol. The highest BCUT2D eigenvalue weighted by Gasteiger charge is 2.12. The molecule has 0 aliphatic heterocycles. The molecule has 0 radical (unpaired) electrons. The van der Waals surface area contributed by atoms with Crippen LogP contribution in [0.3, 0.4) is 0 Å². The molecule has 2 aromatic rings. The second-order valence-corrected chi connectivity index (χ2v) is 5.49. The molecule has 1 heterocycles. The highest BCUT2D eigenvalue weighted by atomic mass is 32.1. The van der Waals surface area contributed by atoms with Crippen LogP contribution in [0.15, 0.2) is 30.5 Å². The quantitative estimate of drug-likeness (QED) is 0.829. The Morgan fingerprint density at radius 3 is 2.59 bits per heavy atom. The third-order valence-corrected chi connectivity index (χ3v) is 3.73. The maximum absolute atomic E-state index is 5.42. The number of hydrogen-bond donors (Lipinski definition) is 2. The van der Waals surface area contributed by atoms with E-state index in [4.69, 9.17) is 17.0 Å². The van der Waals surface area contributed by atoms with E-state index in [1.807, 2.05) is 56.0 Å². The Morgan fingerprint density at radius 1 is 1.36 bits per heavy atom. The molecule has 0 saturated carbocycles. The number of benzene rings is 1. The van der Waals surface area contributed by atoms with Gasteiger partial charge in [-0.3, -0.25) is 4.68 Å².